The summed E-state index contributed by atoms with van der Waals surface area (Å²) in [5.41, 5.74) is 5.63. The van der Waals surface area contributed by atoms with E-state index in [1.54, 1.807) is 6.08 Å². The maximum absolute atomic E-state index is 11.8. The van der Waals surface area contributed by atoms with Crippen molar-refractivity contribution in [3.8, 4) is 0 Å². The van der Waals surface area contributed by atoms with Crippen molar-refractivity contribution in [3.63, 3.8) is 0 Å². The van der Waals surface area contributed by atoms with E-state index >= 15 is 0 Å². The molecular weight excluding hydrogens is 248 g/mol. The van der Waals surface area contributed by atoms with Crippen LogP contribution in [0, 0.1) is 0 Å². The van der Waals surface area contributed by atoms with Crippen LogP contribution in [0.3, 0.4) is 0 Å². The third-order valence-corrected chi connectivity index (χ3v) is 3.43. The zero-order valence-corrected chi connectivity index (χ0v) is 10.8. The Balaban J connectivity index is 1.61. The highest BCUT2D eigenvalue weighted by molar-refractivity contribution is 5.93. The predicted molar refractivity (Wildman–Crippen MR) is 68.0 cm³/mol. The molecule has 0 aromatic heterocycles. The van der Waals surface area contributed by atoms with Crippen molar-refractivity contribution in [2.75, 3.05) is 6.54 Å². The van der Waals surface area contributed by atoms with Gasteiger partial charge in [0.15, 0.2) is 0 Å². The van der Waals surface area contributed by atoms with Crippen molar-refractivity contribution in [1.29, 1.82) is 0 Å². The number of rotatable bonds is 7. The van der Waals surface area contributed by atoms with E-state index in [1.165, 1.54) is 0 Å². The zero-order valence-electron chi connectivity index (χ0n) is 10.8. The molecule has 1 aliphatic heterocycles. The highest BCUT2D eigenvalue weighted by atomic mass is 16.6. The number of unbranched alkanes of at least 4 members (excludes halogenated alkanes) is 2. The SMILES string of the molecule is NC(=O)CCCCCNC(=O)C1=C[C@H](O)[C@@H]2O[C@H]2C1. The van der Waals surface area contributed by atoms with E-state index in [1.807, 2.05) is 0 Å². The molecule has 1 aliphatic carbocycles. The van der Waals surface area contributed by atoms with E-state index in [4.69, 9.17) is 10.5 Å². The molecule has 6 nitrogen and oxygen atoms in total. The number of aliphatic hydroxyl groups excluding tert-OH is 1. The summed E-state index contributed by atoms with van der Waals surface area (Å²) in [5.74, 6) is -0.424. The zero-order chi connectivity index (χ0) is 13.8. The third-order valence-electron chi connectivity index (χ3n) is 3.43. The normalized spacial score (nSPS) is 28.3. The fourth-order valence-electron chi connectivity index (χ4n) is 2.29. The molecule has 6 heteroatoms. The molecule has 1 fully saturated rings. The van der Waals surface area contributed by atoms with Gasteiger partial charge in [-0.25, -0.2) is 0 Å². The minimum absolute atomic E-state index is 0.0105. The van der Waals surface area contributed by atoms with E-state index in [-0.39, 0.29) is 24.0 Å². The molecule has 19 heavy (non-hydrogen) atoms. The van der Waals surface area contributed by atoms with Crippen LogP contribution in [0.1, 0.15) is 32.1 Å². The molecule has 2 aliphatic rings. The Bertz CT molecular complexity index is 394. The summed E-state index contributed by atoms with van der Waals surface area (Å²) in [6, 6.07) is 0. The molecule has 2 amide bonds. The van der Waals surface area contributed by atoms with Crippen LogP contribution in [-0.4, -0.2) is 41.8 Å². The van der Waals surface area contributed by atoms with Crippen LogP contribution in [0.2, 0.25) is 0 Å². The lowest BCUT2D eigenvalue weighted by Gasteiger charge is -2.13. The first-order chi connectivity index (χ1) is 9.08. The average Bonchev–Trinajstić information content (AvgIpc) is 3.12. The lowest BCUT2D eigenvalue weighted by atomic mass is 9.97. The average molecular weight is 268 g/mol. The molecule has 0 bridgehead atoms. The molecular formula is C13H20N2O4. The Morgan fingerprint density at radius 1 is 1.42 bits per heavy atom. The van der Waals surface area contributed by atoms with Gasteiger partial charge in [-0.3, -0.25) is 9.59 Å². The summed E-state index contributed by atoms with van der Waals surface area (Å²) in [7, 11) is 0. The van der Waals surface area contributed by atoms with Crippen molar-refractivity contribution in [2.45, 2.75) is 50.4 Å². The highest BCUT2D eigenvalue weighted by Crippen LogP contribution is 2.36. The van der Waals surface area contributed by atoms with E-state index in [0.29, 0.717) is 25.0 Å². The topological polar surface area (TPSA) is 105 Å². The van der Waals surface area contributed by atoms with E-state index in [0.717, 1.165) is 19.3 Å². The predicted octanol–water partition coefficient (Wildman–Crippen LogP) is -0.393. The molecule has 0 spiro atoms. The monoisotopic (exact) mass is 268 g/mol. The summed E-state index contributed by atoms with van der Waals surface area (Å²) in [4.78, 5) is 22.4. The first kappa shape index (κ1) is 14.0. The minimum Gasteiger partial charge on any atom is -0.386 e. The van der Waals surface area contributed by atoms with Gasteiger partial charge < -0.3 is 20.9 Å². The standard InChI is InChI=1S/C13H20N2O4/c14-11(17)4-2-1-3-5-15-13(18)8-6-9(16)12-10(7-8)19-12/h6,9-10,12,16H,1-5,7H2,(H2,14,17)(H,15,18)/t9-,10-,12-/m0/s1. The summed E-state index contributed by atoms with van der Waals surface area (Å²) in [5, 5.41) is 12.4. The smallest absolute Gasteiger partial charge is 0.247 e. The van der Waals surface area contributed by atoms with Gasteiger partial charge in [-0.2, -0.15) is 0 Å². The van der Waals surface area contributed by atoms with Crippen LogP contribution in [-0.2, 0) is 14.3 Å². The second-order valence-corrected chi connectivity index (χ2v) is 5.06. The molecule has 0 aromatic rings. The van der Waals surface area contributed by atoms with Gasteiger partial charge in [0.2, 0.25) is 11.8 Å². The number of amides is 2. The molecule has 0 unspecified atom stereocenters. The number of primary amides is 1. The van der Waals surface area contributed by atoms with Gasteiger partial charge in [0.05, 0.1) is 6.10 Å². The molecule has 1 saturated heterocycles. The van der Waals surface area contributed by atoms with Crippen LogP contribution in [0.15, 0.2) is 11.6 Å². The first-order valence-corrected chi connectivity index (χ1v) is 6.68. The summed E-state index contributed by atoms with van der Waals surface area (Å²) >= 11 is 0. The van der Waals surface area contributed by atoms with E-state index in [2.05, 4.69) is 5.32 Å². The number of nitrogens with two attached hydrogens (primary N) is 1. The van der Waals surface area contributed by atoms with Gasteiger partial charge >= 0.3 is 0 Å². The Morgan fingerprint density at radius 3 is 2.89 bits per heavy atom. The molecule has 0 saturated carbocycles. The number of ether oxygens (including phenoxy) is 1. The number of nitrogens with one attached hydrogen (secondary N) is 1. The van der Waals surface area contributed by atoms with Crippen LogP contribution >= 0.6 is 0 Å². The maximum Gasteiger partial charge on any atom is 0.247 e. The van der Waals surface area contributed by atoms with E-state index < -0.39 is 6.10 Å². The van der Waals surface area contributed by atoms with E-state index in [9.17, 15) is 14.7 Å². The number of hydrogen-bond acceptors (Lipinski definition) is 4. The fourth-order valence-corrected chi connectivity index (χ4v) is 2.29. The summed E-state index contributed by atoms with van der Waals surface area (Å²) in [6.07, 6.45) is 4.23. The van der Waals surface area contributed by atoms with Crippen LogP contribution in [0.4, 0.5) is 0 Å². The number of carbonyl (C=O) groups excluding carboxylic acids is 2. The van der Waals surface area contributed by atoms with Gasteiger partial charge in [0, 0.05) is 25.0 Å². The van der Waals surface area contributed by atoms with Gasteiger partial charge in [0.1, 0.15) is 12.2 Å². The van der Waals surface area contributed by atoms with Crippen LogP contribution in [0.5, 0.6) is 0 Å². The lowest BCUT2D eigenvalue weighted by molar-refractivity contribution is -0.119. The fraction of sp³-hybridized carbons (Fsp3) is 0.692. The van der Waals surface area contributed by atoms with Crippen molar-refractivity contribution < 1.29 is 19.4 Å². The lowest BCUT2D eigenvalue weighted by Crippen LogP contribution is -2.30. The number of hydrogen-bond donors (Lipinski definition) is 3. The Labute approximate surface area is 112 Å². The second-order valence-electron chi connectivity index (χ2n) is 5.06. The molecule has 2 rings (SSSR count). The summed E-state index contributed by atoms with van der Waals surface area (Å²) < 4.78 is 5.22. The second kappa shape index (κ2) is 6.16. The Hall–Kier alpha value is -1.40. The van der Waals surface area contributed by atoms with Gasteiger partial charge in [-0.1, -0.05) is 6.42 Å². The number of aliphatic hydroxyl groups is 1. The number of fused-ring (bicyclic) bond motifs is 1. The van der Waals surface area contributed by atoms with Crippen molar-refractivity contribution in [2.24, 2.45) is 5.73 Å². The third kappa shape index (κ3) is 4.04. The minimum atomic E-state index is -0.657. The van der Waals surface area contributed by atoms with Gasteiger partial charge in [0.25, 0.3) is 0 Å². The van der Waals surface area contributed by atoms with Crippen molar-refractivity contribution in [3.05, 3.63) is 11.6 Å². The Morgan fingerprint density at radius 2 is 2.21 bits per heavy atom. The molecule has 1 heterocycles. The molecule has 106 valence electrons. The highest BCUT2D eigenvalue weighted by Gasteiger charge is 2.47. The largest absolute Gasteiger partial charge is 0.386 e. The summed E-state index contributed by atoms with van der Waals surface area (Å²) in [6.45, 7) is 0.569. The maximum atomic E-state index is 11.8. The van der Waals surface area contributed by atoms with Gasteiger partial charge in [-0.15, -0.1) is 0 Å². The number of epoxide rings is 1. The van der Waals surface area contributed by atoms with Crippen molar-refractivity contribution >= 4 is 11.8 Å². The molecule has 0 aromatic carbocycles. The number of carbonyl (C=O) groups is 2. The quantitative estimate of drug-likeness (QED) is 0.432. The van der Waals surface area contributed by atoms with Crippen LogP contribution in [0.25, 0.3) is 0 Å². The molecule has 4 N–H and O–H groups in total. The molecule has 0 radical (unpaired) electrons. The first-order valence-electron chi connectivity index (χ1n) is 6.68. The van der Waals surface area contributed by atoms with Gasteiger partial charge in [-0.05, 0) is 18.9 Å². The molecule has 3 atom stereocenters. The van der Waals surface area contributed by atoms with Crippen molar-refractivity contribution in [1.82, 2.24) is 5.32 Å². The Kier molecular flexibility index (Phi) is 4.55. The van der Waals surface area contributed by atoms with Crippen LogP contribution < -0.4 is 11.1 Å².